The zero-order chi connectivity index (χ0) is 34.9. The Labute approximate surface area is 307 Å². The van der Waals surface area contributed by atoms with Crippen LogP contribution in [-0.2, 0) is 5.41 Å². The summed E-state index contributed by atoms with van der Waals surface area (Å²) in [5.74, 6) is 0. The van der Waals surface area contributed by atoms with Crippen LogP contribution in [0.3, 0.4) is 0 Å². The maximum absolute atomic E-state index is 5.54. The number of hydrogen-bond acceptors (Lipinski definition) is 1. The van der Waals surface area contributed by atoms with Crippen molar-refractivity contribution >= 4 is 18.4 Å². The van der Waals surface area contributed by atoms with Crippen LogP contribution in [0.25, 0.3) is 55.9 Å². The van der Waals surface area contributed by atoms with Gasteiger partial charge in [-0.2, -0.15) is 0 Å². The summed E-state index contributed by atoms with van der Waals surface area (Å²) in [6.45, 7) is 5.03. The zero-order valence-corrected chi connectivity index (χ0v) is 30.3. The van der Waals surface area contributed by atoms with Crippen LogP contribution in [-0.4, -0.2) is 13.1 Å². The Balaban J connectivity index is 1.26. The molecule has 1 aromatic heterocycles. The highest BCUT2D eigenvalue weighted by Gasteiger charge is 2.54. The summed E-state index contributed by atoms with van der Waals surface area (Å²) in [7, 11) is -1.98. The summed E-state index contributed by atoms with van der Waals surface area (Å²) in [6.07, 6.45) is 0. The van der Waals surface area contributed by atoms with Gasteiger partial charge in [-0.25, -0.2) is 4.98 Å². The molecule has 2 aliphatic rings. The summed E-state index contributed by atoms with van der Waals surface area (Å²) in [5, 5.41) is 3.04. The maximum atomic E-state index is 5.54. The lowest BCUT2D eigenvalue weighted by molar-refractivity contribution is 0.773. The summed E-state index contributed by atoms with van der Waals surface area (Å²) < 4.78 is 0. The number of nitrogens with zero attached hydrogens (tertiary/aromatic N) is 1. The summed E-state index contributed by atoms with van der Waals surface area (Å²) in [6, 6.07) is 69.3. The van der Waals surface area contributed by atoms with E-state index in [0.29, 0.717) is 0 Å². The van der Waals surface area contributed by atoms with Gasteiger partial charge in [0.2, 0.25) is 0 Å². The molecule has 0 unspecified atom stereocenters. The van der Waals surface area contributed by atoms with Gasteiger partial charge >= 0.3 is 0 Å². The second kappa shape index (κ2) is 11.7. The molecule has 0 bridgehead atoms. The van der Waals surface area contributed by atoms with Crippen LogP contribution >= 0.6 is 0 Å². The lowest BCUT2D eigenvalue weighted by Gasteiger charge is -2.45. The molecule has 0 amide bonds. The van der Waals surface area contributed by atoms with Crippen molar-refractivity contribution in [3.8, 4) is 55.9 Å². The number of benzene rings is 7. The Morgan fingerprint density at radius 2 is 0.846 bits per heavy atom. The molecule has 10 rings (SSSR count). The number of aromatic nitrogens is 1. The predicted octanol–water partition coefficient (Wildman–Crippen LogP) is 11.2. The molecular formula is C50H37NSi. The van der Waals surface area contributed by atoms with Crippen LogP contribution in [0.5, 0.6) is 0 Å². The van der Waals surface area contributed by atoms with Gasteiger partial charge in [0.15, 0.2) is 0 Å². The molecule has 0 saturated carbocycles. The Morgan fingerprint density at radius 3 is 1.54 bits per heavy atom. The molecule has 0 radical (unpaired) electrons. The molecule has 8 aromatic rings. The molecule has 1 spiro atoms. The molecule has 2 heterocycles. The first kappa shape index (κ1) is 30.7. The summed E-state index contributed by atoms with van der Waals surface area (Å²) in [4.78, 5) is 5.54. The maximum Gasteiger partial charge on any atom is 0.113 e. The van der Waals surface area contributed by atoms with E-state index in [1.165, 1.54) is 60.4 Å². The van der Waals surface area contributed by atoms with Gasteiger partial charge < -0.3 is 0 Å². The van der Waals surface area contributed by atoms with Crippen molar-refractivity contribution in [2.24, 2.45) is 0 Å². The minimum atomic E-state index is -1.98. The third-order valence-electron chi connectivity index (χ3n) is 11.6. The van der Waals surface area contributed by atoms with Crippen molar-refractivity contribution in [1.82, 2.24) is 4.98 Å². The molecule has 0 fully saturated rings. The highest BCUT2D eigenvalue weighted by Crippen LogP contribution is 2.59. The minimum absolute atomic E-state index is 0.415. The van der Waals surface area contributed by atoms with E-state index < -0.39 is 13.5 Å². The van der Waals surface area contributed by atoms with Gasteiger partial charge in [-0.1, -0.05) is 183 Å². The fourth-order valence-corrected chi connectivity index (χ4v) is 12.4. The third kappa shape index (κ3) is 4.44. The van der Waals surface area contributed by atoms with Crippen molar-refractivity contribution in [1.29, 1.82) is 0 Å². The topological polar surface area (TPSA) is 12.9 Å². The number of pyridine rings is 1. The Bertz CT molecular complexity index is 2610. The second-order valence-electron chi connectivity index (χ2n) is 14.7. The summed E-state index contributed by atoms with van der Waals surface area (Å²) in [5.41, 5.74) is 16.7. The Hall–Kier alpha value is -6.09. The van der Waals surface area contributed by atoms with E-state index in [-0.39, 0.29) is 0 Å². The van der Waals surface area contributed by atoms with E-state index in [0.717, 1.165) is 28.1 Å². The molecule has 1 aliphatic heterocycles. The van der Waals surface area contributed by atoms with Crippen LogP contribution in [0.15, 0.2) is 188 Å². The molecule has 0 saturated heterocycles. The average Bonchev–Trinajstić information content (AvgIpc) is 3.52. The fraction of sp³-hybridized carbons (Fsp3) is 0.0600. The monoisotopic (exact) mass is 679 g/mol. The van der Waals surface area contributed by atoms with Gasteiger partial charge in [0, 0.05) is 11.1 Å². The van der Waals surface area contributed by atoms with Crippen molar-refractivity contribution in [3.63, 3.8) is 0 Å². The SMILES string of the molecule is C[Si]1(C)c2ccccc2C2(c3ccccc3-c3c(-c4cc(-c5ccccc5)cc(-c5cccc(-c6ccccc6)c5)n4)cccc32)c2ccccc21. The molecule has 7 aromatic carbocycles. The van der Waals surface area contributed by atoms with Crippen molar-refractivity contribution in [2.45, 2.75) is 18.5 Å². The van der Waals surface area contributed by atoms with Crippen molar-refractivity contribution in [3.05, 3.63) is 210 Å². The first-order valence-corrected chi connectivity index (χ1v) is 21.2. The lowest BCUT2D eigenvalue weighted by Crippen LogP contribution is -2.63. The molecule has 52 heavy (non-hydrogen) atoms. The van der Waals surface area contributed by atoms with Gasteiger partial charge in [0.05, 0.1) is 16.8 Å². The van der Waals surface area contributed by atoms with E-state index in [1.807, 2.05) is 0 Å². The first-order chi connectivity index (χ1) is 25.5. The number of fused-ring (bicyclic) bond motifs is 9. The van der Waals surface area contributed by atoms with E-state index in [1.54, 1.807) is 0 Å². The van der Waals surface area contributed by atoms with Gasteiger partial charge in [-0.05, 0) is 84.2 Å². The lowest BCUT2D eigenvalue weighted by atomic mass is 9.67. The quantitative estimate of drug-likeness (QED) is 0.169. The summed E-state index contributed by atoms with van der Waals surface area (Å²) >= 11 is 0. The van der Waals surface area contributed by atoms with E-state index >= 15 is 0 Å². The van der Waals surface area contributed by atoms with E-state index in [4.69, 9.17) is 4.98 Å². The fourth-order valence-electron chi connectivity index (χ4n) is 9.22. The van der Waals surface area contributed by atoms with E-state index in [9.17, 15) is 0 Å². The van der Waals surface area contributed by atoms with Gasteiger partial charge in [0.1, 0.15) is 8.07 Å². The van der Waals surface area contributed by atoms with Crippen LogP contribution < -0.4 is 10.4 Å². The Morgan fingerprint density at radius 1 is 0.365 bits per heavy atom. The molecular weight excluding hydrogens is 643 g/mol. The minimum Gasteiger partial charge on any atom is -0.248 e. The van der Waals surface area contributed by atoms with Crippen LogP contribution in [0.1, 0.15) is 22.3 Å². The predicted molar refractivity (Wildman–Crippen MR) is 220 cm³/mol. The zero-order valence-electron chi connectivity index (χ0n) is 29.3. The average molecular weight is 680 g/mol. The van der Waals surface area contributed by atoms with Gasteiger partial charge in [0.25, 0.3) is 0 Å². The van der Waals surface area contributed by atoms with Crippen molar-refractivity contribution in [2.75, 3.05) is 0 Å². The van der Waals surface area contributed by atoms with E-state index in [2.05, 4.69) is 201 Å². The smallest absolute Gasteiger partial charge is 0.113 e. The molecule has 0 atom stereocenters. The number of rotatable bonds is 4. The highest BCUT2D eigenvalue weighted by molar-refractivity contribution is 7.01. The molecule has 0 N–H and O–H groups in total. The van der Waals surface area contributed by atoms with Crippen LogP contribution in [0.4, 0.5) is 0 Å². The molecule has 1 nitrogen and oxygen atoms in total. The third-order valence-corrected chi connectivity index (χ3v) is 15.1. The largest absolute Gasteiger partial charge is 0.248 e. The van der Waals surface area contributed by atoms with Gasteiger partial charge in [-0.3, -0.25) is 0 Å². The number of hydrogen-bond donors (Lipinski definition) is 0. The Kier molecular flexibility index (Phi) is 6.93. The van der Waals surface area contributed by atoms with Crippen LogP contribution in [0, 0.1) is 0 Å². The normalized spacial score (nSPS) is 14.3. The van der Waals surface area contributed by atoms with Gasteiger partial charge in [-0.15, -0.1) is 0 Å². The highest BCUT2D eigenvalue weighted by atomic mass is 28.3. The van der Waals surface area contributed by atoms with Crippen molar-refractivity contribution < 1.29 is 0 Å². The molecule has 2 heteroatoms. The molecule has 1 aliphatic carbocycles. The second-order valence-corrected chi connectivity index (χ2v) is 19.0. The molecule has 246 valence electrons. The first-order valence-electron chi connectivity index (χ1n) is 18.2. The van der Waals surface area contributed by atoms with Crippen LogP contribution in [0.2, 0.25) is 13.1 Å². The standard InChI is InChI=1S/C50H37NSi/c1-52(2)47-29-13-11-26-42(47)50(43-27-12-14-30-48(43)52)41-25-10-9-23-39(41)49-40(24-16-28-44(49)50)46-33-38(35-19-7-4-8-20-35)32-45(51-46)37-22-15-21-36(31-37)34-17-5-3-6-18-34/h3-33H,1-2H3.